The lowest BCUT2D eigenvalue weighted by atomic mass is 10.0. The molecule has 0 saturated carbocycles. The van der Waals surface area contributed by atoms with Crippen LogP contribution in [-0.2, 0) is 11.2 Å². The molecule has 0 aromatic heterocycles. The van der Waals surface area contributed by atoms with Crippen molar-refractivity contribution in [1.82, 2.24) is 0 Å². The lowest BCUT2D eigenvalue weighted by Gasteiger charge is -2.12. The second-order valence-electron chi connectivity index (χ2n) is 3.45. The molecule has 0 aliphatic rings. The summed E-state index contributed by atoms with van der Waals surface area (Å²) in [6.45, 7) is 0. The molecule has 0 radical (unpaired) electrons. The van der Waals surface area contributed by atoms with E-state index >= 15 is 0 Å². The largest absolute Gasteiger partial charge is 0.496 e. The van der Waals surface area contributed by atoms with Gasteiger partial charge < -0.3 is 20.7 Å². The first-order valence-corrected chi connectivity index (χ1v) is 4.85. The Balaban J connectivity index is 3.11. The number of carboxylic acids is 2. The summed E-state index contributed by atoms with van der Waals surface area (Å²) in [7, 11) is 1.33. The fourth-order valence-corrected chi connectivity index (χ4v) is 1.48. The molecule has 4 N–H and O–H groups in total. The van der Waals surface area contributed by atoms with E-state index in [1.165, 1.54) is 19.2 Å². The van der Waals surface area contributed by atoms with Gasteiger partial charge in [0.15, 0.2) is 0 Å². The van der Waals surface area contributed by atoms with E-state index in [2.05, 4.69) is 0 Å². The first-order valence-electron chi connectivity index (χ1n) is 4.85. The van der Waals surface area contributed by atoms with Gasteiger partial charge in [-0.05, 0) is 11.6 Å². The molecule has 1 aromatic carbocycles. The molecular formula is C11H13NO5. The molecule has 1 aromatic rings. The molecule has 17 heavy (non-hydrogen) atoms. The molecule has 1 unspecified atom stereocenters. The van der Waals surface area contributed by atoms with Crippen molar-refractivity contribution in [2.24, 2.45) is 5.73 Å². The molecule has 0 fully saturated rings. The highest BCUT2D eigenvalue weighted by molar-refractivity contribution is 5.91. The SMILES string of the molecule is COc1c(CC(N)C(=O)O)cccc1C(=O)O. The summed E-state index contributed by atoms with van der Waals surface area (Å²) in [5.74, 6) is -2.13. The van der Waals surface area contributed by atoms with Gasteiger partial charge in [0.05, 0.1) is 7.11 Å². The molecule has 1 atom stereocenters. The standard InChI is InChI=1S/C11H13NO5/c1-17-9-6(5-8(12)11(15)16)3-2-4-7(9)10(13)14/h2-4,8H,5,12H2,1H3,(H,13,14)(H,15,16). The maximum atomic E-state index is 10.9. The normalized spacial score (nSPS) is 11.9. The van der Waals surface area contributed by atoms with Crippen molar-refractivity contribution in [3.63, 3.8) is 0 Å². The van der Waals surface area contributed by atoms with Crippen molar-refractivity contribution in [1.29, 1.82) is 0 Å². The van der Waals surface area contributed by atoms with Gasteiger partial charge in [0.25, 0.3) is 0 Å². The van der Waals surface area contributed by atoms with Gasteiger partial charge in [0.1, 0.15) is 17.4 Å². The minimum Gasteiger partial charge on any atom is -0.496 e. The van der Waals surface area contributed by atoms with Gasteiger partial charge >= 0.3 is 11.9 Å². The van der Waals surface area contributed by atoms with Crippen molar-refractivity contribution in [3.8, 4) is 5.75 Å². The van der Waals surface area contributed by atoms with Crippen molar-refractivity contribution >= 4 is 11.9 Å². The molecule has 0 heterocycles. The third kappa shape index (κ3) is 2.94. The topological polar surface area (TPSA) is 110 Å². The third-order valence-electron chi connectivity index (χ3n) is 2.29. The maximum Gasteiger partial charge on any atom is 0.339 e. The smallest absolute Gasteiger partial charge is 0.339 e. The molecule has 92 valence electrons. The van der Waals surface area contributed by atoms with Crippen LogP contribution in [0.15, 0.2) is 18.2 Å². The Labute approximate surface area is 97.6 Å². The van der Waals surface area contributed by atoms with Gasteiger partial charge in [-0.1, -0.05) is 12.1 Å². The van der Waals surface area contributed by atoms with E-state index in [0.717, 1.165) is 0 Å². The fraction of sp³-hybridized carbons (Fsp3) is 0.273. The highest BCUT2D eigenvalue weighted by atomic mass is 16.5. The van der Waals surface area contributed by atoms with Crippen molar-refractivity contribution in [2.45, 2.75) is 12.5 Å². The molecule has 6 heteroatoms. The summed E-state index contributed by atoms with van der Waals surface area (Å²) in [4.78, 5) is 21.6. The van der Waals surface area contributed by atoms with E-state index in [9.17, 15) is 9.59 Å². The van der Waals surface area contributed by atoms with E-state index < -0.39 is 18.0 Å². The molecule has 0 aliphatic heterocycles. The van der Waals surface area contributed by atoms with Gasteiger partial charge in [-0.2, -0.15) is 0 Å². The van der Waals surface area contributed by atoms with E-state index in [-0.39, 0.29) is 17.7 Å². The van der Waals surface area contributed by atoms with Crippen LogP contribution < -0.4 is 10.5 Å². The predicted octanol–water partition coefficient (Wildman–Crippen LogP) is 0.348. The minimum atomic E-state index is -1.15. The molecule has 0 bridgehead atoms. The molecule has 0 aliphatic carbocycles. The number of hydrogen-bond acceptors (Lipinski definition) is 4. The van der Waals surface area contributed by atoms with Gasteiger partial charge in [-0.25, -0.2) is 4.79 Å². The maximum absolute atomic E-state index is 10.9. The number of aromatic carboxylic acids is 1. The predicted molar refractivity (Wildman–Crippen MR) is 59.3 cm³/mol. The average Bonchev–Trinajstić information content (AvgIpc) is 2.28. The number of benzene rings is 1. The quantitative estimate of drug-likeness (QED) is 0.683. The van der Waals surface area contributed by atoms with Crippen molar-refractivity contribution in [3.05, 3.63) is 29.3 Å². The number of carboxylic acid groups (broad SMARTS) is 2. The molecule has 1 rings (SSSR count). The first-order chi connectivity index (χ1) is 7.97. The van der Waals surface area contributed by atoms with Crippen molar-refractivity contribution < 1.29 is 24.5 Å². The van der Waals surface area contributed by atoms with E-state index in [1.54, 1.807) is 6.07 Å². The number of hydrogen-bond donors (Lipinski definition) is 3. The van der Waals surface area contributed by atoms with Crippen LogP contribution in [0.4, 0.5) is 0 Å². The Morgan fingerprint density at radius 2 is 2.06 bits per heavy atom. The Morgan fingerprint density at radius 1 is 1.41 bits per heavy atom. The number of ether oxygens (including phenoxy) is 1. The molecule has 0 saturated heterocycles. The monoisotopic (exact) mass is 239 g/mol. The Bertz CT molecular complexity index is 443. The average molecular weight is 239 g/mol. The summed E-state index contributed by atoms with van der Waals surface area (Å²) >= 11 is 0. The number of para-hydroxylation sites is 1. The summed E-state index contributed by atoms with van der Waals surface area (Å²) in [5.41, 5.74) is 5.84. The van der Waals surface area contributed by atoms with Crippen LogP contribution in [0, 0.1) is 0 Å². The highest BCUT2D eigenvalue weighted by Crippen LogP contribution is 2.24. The van der Waals surface area contributed by atoms with Crippen LogP contribution in [0.2, 0.25) is 0 Å². The van der Waals surface area contributed by atoms with Gasteiger partial charge in [0, 0.05) is 6.42 Å². The zero-order valence-electron chi connectivity index (χ0n) is 9.21. The van der Waals surface area contributed by atoms with Crippen LogP contribution in [0.25, 0.3) is 0 Å². The zero-order chi connectivity index (χ0) is 13.0. The van der Waals surface area contributed by atoms with Crippen LogP contribution >= 0.6 is 0 Å². The third-order valence-corrected chi connectivity index (χ3v) is 2.29. The number of aliphatic carboxylic acids is 1. The molecule has 0 amide bonds. The van der Waals surface area contributed by atoms with E-state index in [4.69, 9.17) is 20.7 Å². The number of nitrogens with two attached hydrogens (primary N) is 1. The molecular weight excluding hydrogens is 226 g/mol. The highest BCUT2D eigenvalue weighted by Gasteiger charge is 2.19. The number of methoxy groups -OCH3 is 1. The summed E-state index contributed by atoms with van der Waals surface area (Å²) in [6.07, 6.45) is 0.0135. The van der Waals surface area contributed by atoms with Gasteiger partial charge in [-0.15, -0.1) is 0 Å². The van der Waals surface area contributed by atoms with Crippen LogP contribution in [0.1, 0.15) is 15.9 Å². The minimum absolute atomic E-state index is 0.0115. The van der Waals surface area contributed by atoms with Crippen LogP contribution in [0.3, 0.4) is 0 Å². The molecule has 0 spiro atoms. The lowest BCUT2D eigenvalue weighted by molar-refractivity contribution is -0.138. The van der Waals surface area contributed by atoms with Crippen molar-refractivity contribution in [2.75, 3.05) is 7.11 Å². The van der Waals surface area contributed by atoms with Gasteiger partial charge in [-0.3, -0.25) is 4.79 Å². The van der Waals surface area contributed by atoms with Crippen LogP contribution in [-0.4, -0.2) is 35.3 Å². The Morgan fingerprint density at radius 3 is 2.53 bits per heavy atom. The second-order valence-corrected chi connectivity index (χ2v) is 3.45. The summed E-state index contributed by atoms with van der Waals surface area (Å²) < 4.78 is 4.99. The first kappa shape index (κ1) is 13.0. The number of carbonyl (C=O) groups is 2. The van der Waals surface area contributed by atoms with Gasteiger partial charge in [0.2, 0.25) is 0 Å². The Hall–Kier alpha value is -2.08. The zero-order valence-corrected chi connectivity index (χ0v) is 9.21. The van der Waals surface area contributed by atoms with E-state index in [1.807, 2.05) is 0 Å². The molecule has 6 nitrogen and oxygen atoms in total. The fourth-order valence-electron chi connectivity index (χ4n) is 1.48. The van der Waals surface area contributed by atoms with Crippen LogP contribution in [0.5, 0.6) is 5.75 Å². The summed E-state index contributed by atoms with van der Waals surface area (Å²) in [6, 6.07) is 3.41. The number of rotatable bonds is 5. The lowest BCUT2D eigenvalue weighted by Crippen LogP contribution is -2.32. The second kappa shape index (κ2) is 5.31. The summed E-state index contributed by atoms with van der Waals surface area (Å²) in [5, 5.41) is 17.6. The Kier molecular flexibility index (Phi) is 4.06. The van der Waals surface area contributed by atoms with E-state index in [0.29, 0.717) is 5.56 Å².